The van der Waals surface area contributed by atoms with E-state index < -0.39 is 49.1 Å². The molecule has 0 aliphatic carbocycles. The molecule has 1 fully saturated rings. The van der Waals surface area contributed by atoms with Gasteiger partial charge in [-0.25, -0.2) is 0 Å². The maximum Gasteiger partial charge on any atom is 0.303 e. The fourth-order valence-electron chi connectivity index (χ4n) is 1.91. The molecule has 5 atom stereocenters. The van der Waals surface area contributed by atoms with Gasteiger partial charge in [-0.3, -0.25) is 9.59 Å². The first kappa shape index (κ1) is 16.8. The monoisotopic (exact) mass is 293 g/mol. The van der Waals surface area contributed by atoms with E-state index in [1.165, 1.54) is 0 Å². The molecule has 1 saturated heterocycles. The number of rotatable bonds is 6. The van der Waals surface area contributed by atoms with Crippen LogP contribution in [-0.2, 0) is 14.3 Å². The van der Waals surface area contributed by atoms with Gasteiger partial charge in [-0.1, -0.05) is 0 Å². The molecule has 1 rings (SSSR count). The lowest BCUT2D eigenvalue weighted by Gasteiger charge is -2.40. The molecule has 9 heteroatoms. The van der Waals surface area contributed by atoms with E-state index in [2.05, 4.69) is 5.32 Å². The molecule has 0 radical (unpaired) electrons. The number of ether oxygens (including phenoxy) is 1. The zero-order chi connectivity index (χ0) is 15.3. The van der Waals surface area contributed by atoms with Crippen molar-refractivity contribution in [1.82, 2.24) is 5.32 Å². The molecule has 20 heavy (non-hydrogen) atoms. The van der Waals surface area contributed by atoms with E-state index in [0.29, 0.717) is 0 Å². The van der Waals surface area contributed by atoms with Gasteiger partial charge in [0.15, 0.2) is 6.29 Å². The minimum atomic E-state index is -1.58. The van der Waals surface area contributed by atoms with Crippen LogP contribution in [0.5, 0.6) is 0 Å². The van der Waals surface area contributed by atoms with Crippen LogP contribution in [0.25, 0.3) is 0 Å². The number of hydrogen-bond acceptors (Lipinski definition) is 7. The summed E-state index contributed by atoms with van der Waals surface area (Å²) in [4.78, 5) is 21.8. The number of hydrogen-bond donors (Lipinski definition) is 6. The van der Waals surface area contributed by atoms with Gasteiger partial charge in [-0.05, 0) is 6.42 Å². The number of aliphatic carboxylic acids is 1. The van der Waals surface area contributed by atoms with Crippen LogP contribution in [0.4, 0.5) is 0 Å². The molecular weight excluding hydrogens is 274 g/mol. The van der Waals surface area contributed by atoms with Gasteiger partial charge in [0.25, 0.3) is 0 Å². The van der Waals surface area contributed by atoms with E-state index in [4.69, 9.17) is 14.9 Å². The highest BCUT2D eigenvalue weighted by molar-refractivity contribution is 5.77. The summed E-state index contributed by atoms with van der Waals surface area (Å²) >= 11 is 0. The molecular formula is C11H19NO8. The molecule has 1 aliphatic rings. The Morgan fingerprint density at radius 1 is 1.10 bits per heavy atom. The van der Waals surface area contributed by atoms with Crippen LogP contribution in [0, 0.1) is 0 Å². The van der Waals surface area contributed by atoms with Crippen LogP contribution < -0.4 is 5.32 Å². The van der Waals surface area contributed by atoms with Crippen LogP contribution in [0.2, 0.25) is 0 Å². The zero-order valence-electron chi connectivity index (χ0n) is 10.7. The summed E-state index contributed by atoms with van der Waals surface area (Å²) in [6, 6.07) is -1.25. The quantitative estimate of drug-likeness (QED) is 0.306. The van der Waals surface area contributed by atoms with Gasteiger partial charge in [0.1, 0.15) is 24.4 Å². The second kappa shape index (κ2) is 7.50. The van der Waals surface area contributed by atoms with Crippen molar-refractivity contribution >= 4 is 11.9 Å². The SMILES string of the molecule is O=C(O)CCCC(=O)NC1C(O)OC(CO)C(O)[C@@H]1O. The lowest BCUT2D eigenvalue weighted by atomic mass is 9.97. The predicted molar refractivity (Wildman–Crippen MR) is 63.4 cm³/mol. The molecule has 0 bridgehead atoms. The second-order valence-electron chi connectivity index (χ2n) is 4.57. The predicted octanol–water partition coefficient (Wildman–Crippen LogP) is -2.84. The fraction of sp³-hybridized carbons (Fsp3) is 0.818. The molecule has 6 N–H and O–H groups in total. The minimum Gasteiger partial charge on any atom is -0.481 e. The average molecular weight is 293 g/mol. The Morgan fingerprint density at radius 3 is 2.30 bits per heavy atom. The number of amides is 1. The number of carboxylic acids is 1. The minimum absolute atomic E-state index is 0.0955. The summed E-state index contributed by atoms with van der Waals surface area (Å²) in [5.74, 6) is -1.60. The molecule has 0 aromatic carbocycles. The lowest BCUT2D eigenvalue weighted by molar-refractivity contribution is -0.253. The molecule has 1 heterocycles. The first-order valence-corrected chi connectivity index (χ1v) is 6.18. The van der Waals surface area contributed by atoms with Gasteiger partial charge in [0, 0.05) is 12.8 Å². The highest BCUT2D eigenvalue weighted by atomic mass is 16.6. The van der Waals surface area contributed by atoms with Crippen LogP contribution in [0.15, 0.2) is 0 Å². The van der Waals surface area contributed by atoms with E-state index in [1.807, 2.05) is 0 Å². The molecule has 116 valence electrons. The van der Waals surface area contributed by atoms with Gasteiger partial charge in [0.2, 0.25) is 5.91 Å². The molecule has 4 unspecified atom stereocenters. The average Bonchev–Trinajstić information content (AvgIpc) is 2.38. The summed E-state index contributed by atoms with van der Waals surface area (Å²) in [5.41, 5.74) is 0. The van der Waals surface area contributed by atoms with Crippen molar-refractivity contribution in [2.24, 2.45) is 0 Å². The highest BCUT2D eigenvalue weighted by Gasteiger charge is 2.44. The normalized spacial score (nSPS) is 33.7. The standard InChI is InChI=1S/C11H19NO8/c13-4-5-9(17)10(18)8(11(19)20-5)12-6(14)2-1-3-7(15)16/h5,8-11,13,17-19H,1-4H2,(H,12,14)(H,15,16)/t5?,8?,9?,10-,11?/m1/s1. The first-order chi connectivity index (χ1) is 9.36. The fourth-order valence-corrected chi connectivity index (χ4v) is 1.91. The Kier molecular flexibility index (Phi) is 6.30. The van der Waals surface area contributed by atoms with Crippen LogP contribution in [-0.4, -0.2) is 74.7 Å². The molecule has 1 aliphatic heterocycles. The van der Waals surface area contributed by atoms with Crippen molar-refractivity contribution in [1.29, 1.82) is 0 Å². The third-order valence-corrected chi connectivity index (χ3v) is 3.02. The van der Waals surface area contributed by atoms with Crippen molar-refractivity contribution in [3.05, 3.63) is 0 Å². The largest absolute Gasteiger partial charge is 0.481 e. The first-order valence-electron chi connectivity index (χ1n) is 6.18. The number of aliphatic hydroxyl groups excluding tert-OH is 4. The van der Waals surface area contributed by atoms with Crippen LogP contribution in [0.1, 0.15) is 19.3 Å². The van der Waals surface area contributed by atoms with Crippen molar-refractivity contribution in [3.63, 3.8) is 0 Å². The molecule has 0 spiro atoms. The van der Waals surface area contributed by atoms with E-state index in [9.17, 15) is 24.9 Å². The summed E-state index contributed by atoms with van der Waals surface area (Å²) in [7, 11) is 0. The van der Waals surface area contributed by atoms with Crippen LogP contribution in [0.3, 0.4) is 0 Å². The Bertz CT molecular complexity index is 349. The molecule has 0 aromatic heterocycles. The third-order valence-electron chi connectivity index (χ3n) is 3.02. The van der Waals surface area contributed by atoms with Gasteiger partial charge in [-0.15, -0.1) is 0 Å². The van der Waals surface area contributed by atoms with Gasteiger partial charge in [0.05, 0.1) is 6.61 Å². The number of aliphatic hydroxyl groups is 4. The Hall–Kier alpha value is -1.26. The molecule has 1 amide bonds. The Balaban J connectivity index is 2.49. The van der Waals surface area contributed by atoms with Crippen molar-refractivity contribution in [2.45, 2.75) is 49.9 Å². The smallest absolute Gasteiger partial charge is 0.303 e. The van der Waals surface area contributed by atoms with Crippen LogP contribution >= 0.6 is 0 Å². The molecule has 9 nitrogen and oxygen atoms in total. The number of nitrogens with one attached hydrogen (secondary N) is 1. The summed E-state index contributed by atoms with van der Waals surface area (Å²) < 4.78 is 4.86. The number of carbonyl (C=O) groups is 2. The Morgan fingerprint density at radius 2 is 1.75 bits per heavy atom. The number of carbonyl (C=O) groups excluding carboxylic acids is 1. The molecule has 0 saturated carbocycles. The lowest BCUT2D eigenvalue weighted by Crippen LogP contribution is -2.64. The van der Waals surface area contributed by atoms with E-state index in [0.717, 1.165) is 0 Å². The maximum absolute atomic E-state index is 11.5. The van der Waals surface area contributed by atoms with Crippen molar-refractivity contribution < 1.29 is 39.9 Å². The zero-order valence-corrected chi connectivity index (χ0v) is 10.7. The summed E-state index contributed by atoms with van der Waals surface area (Å²) in [5, 5.41) is 48.6. The summed E-state index contributed by atoms with van der Waals surface area (Å²) in [6.07, 6.45) is -5.82. The second-order valence-corrected chi connectivity index (χ2v) is 4.57. The van der Waals surface area contributed by atoms with E-state index in [-0.39, 0.29) is 19.3 Å². The number of carboxylic acid groups (broad SMARTS) is 1. The van der Waals surface area contributed by atoms with Crippen molar-refractivity contribution in [3.8, 4) is 0 Å². The third kappa shape index (κ3) is 4.39. The Labute approximate surface area is 114 Å². The topological polar surface area (TPSA) is 157 Å². The highest BCUT2D eigenvalue weighted by Crippen LogP contribution is 2.19. The van der Waals surface area contributed by atoms with Gasteiger partial charge in [-0.2, -0.15) is 0 Å². The van der Waals surface area contributed by atoms with E-state index in [1.54, 1.807) is 0 Å². The van der Waals surface area contributed by atoms with Gasteiger partial charge >= 0.3 is 5.97 Å². The van der Waals surface area contributed by atoms with Crippen molar-refractivity contribution in [2.75, 3.05) is 6.61 Å². The maximum atomic E-state index is 11.5. The van der Waals surface area contributed by atoms with Gasteiger partial charge < -0.3 is 35.6 Å². The summed E-state index contributed by atoms with van der Waals surface area (Å²) in [6.45, 7) is -0.589. The molecule has 0 aromatic rings. The van der Waals surface area contributed by atoms with E-state index >= 15 is 0 Å².